The Kier molecular flexibility index (Phi) is 5.88. The van der Waals surface area contributed by atoms with Gasteiger partial charge in [0.15, 0.2) is 11.5 Å². The molecule has 1 aromatic carbocycles. The Balaban J connectivity index is 2.08. The highest BCUT2D eigenvalue weighted by molar-refractivity contribution is 5.44. The third kappa shape index (κ3) is 4.35. The lowest BCUT2D eigenvalue weighted by Gasteiger charge is -2.30. The molecular formula is C17H28N2O2. The first-order chi connectivity index (χ1) is 10.1. The average molecular weight is 292 g/mol. The van der Waals surface area contributed by atoms with Gasteiger partial charge in [-0.25, -0.2) is 0 Å². The molecule has 0 saturated carbocycles. The number of likely N-dealkylation sites (tertiary alicyclic amines) is 1. The van der Waals surface area contributed by atoms with Gasteiger partial charge in [-0.1, -0.05) is 13.0 Å². The van der Waals surface area contributed by atoms with Crippen molar-refractivity contribution in [2.45, 2.75) is 38.2 Å². The van der Waals surface area contributed by atoms with Crippen LogP contribution in [0.25, 0.3) is 0 Å². The maximum absolute atomic E-state index is 6.15. The number of rotatable bonds is 6. The smallest absolute Gasteiger partial charge is 0.161 e. The zero-order valence-electron chi connectivity index (χ0n) is 13.5. The Hall–Kier alpha value is -1.26. The lowest BCUT2D eigenvalue weighted by Crippen LogP contribution is -2.38. The fourth-order valence-corrected chi connectivity index (χ4v) is 2.90. The summed E-state index contributed by atoms with van der Waals surface area (Å²) in [5.74, 6) is 2.12. The quantitative estimate of drug-likeness (QED) is 0.875. The molecule has 0 aromatic heterocycles. The van der Waals surface area contributed by atoms with Crippen molar-refractivity contribution in [3.63, 3.8) is 0 Å². The summed E-state index contributed by atoms with van der Waals surface area (Å²) in [6.45, 7) is 5.04. The molecule has 2 atom stereocenters. The van der Waals surface area contributed by atoms with Crippen LogP contribution in [0.2, 0.25) is 0 Å². The molecule has 118 valence electrons. The summed E-state index contributed by atoms with van der Waals surface area (Å²) in [6, 6.07) is 6.25. The van der Waals surface area contributed by atoms with E-state index in [2.05, 4.69) is 31.0 Å². The zero-order valence-corrected chi connectivity index (χ0v) is 13.5. The third-order valence-corrected chi connectivity index (χ3v) is 4.23. The molecule has 2 N–H and O–H groups in total. The van der Waals surface area contributed by atoms with Gasteiger partial charge in [0.05, 0.1) is 7.11 Å². The fourth-order valence-electron chi connectivity index (χ4n) is 2.90. The number of ether oxygens (including phenoxy) is 2. The second kappa shape index (κ2) is 7.66. The number of likely N-dealkylation sites (N-methyl/N-ethyl adjacent to an activating group) is 1. The van der Waals surface area contributed by atoms with Crippen LogP contribution < -0.4 is 15.2 Å². The van der Waals surface area contributed by atoms with Gasteiger partial charge >= 0.3 is 0 Å². The van der Waals surface area contributed by atoms with Crippen LogP contribution in [0.5, 0.6) is 11.5 Å². The van der Waals surface area contributed by atoms with E-state index in [1.54, 1.807) is 7.11 Å². The molecule has 21 heavy (non-hydrogen) atoms. The lowest BCUT2D eigenvalue weighted by molar-refractivity contribution is 0.101. The van der Waals surface area contributed by atoms with E-state index in [1.165, 1.54) is 12.0 Å². The molecule has 0 radical (unpaired) electrons. The van der Waals surface area contributed by atoms with E-state index in [0.29, 0.717) is 12.5 Å². The second-order valence-corrected chi connectivity index (χ2v) is 6.03. The topological polar surface area (TPSA) is 47.7 Å². The van der Waals surface area contributed by atoms with Gasteiger partial charge in [0, 0.05) is 6.54 Å². The highest BCUT2D eigenvalue weighted by atomic mass is 16.5. The predicted octanol–water partition coefficient (Wildman–Crippen LogP) is 2.62. The molecule has 4 nitrogen and oxygen atoms in total. The molecule has 0 bridgehead atoms. The van der Waals surface area contributed by atoms with Crippen molar-refractivity contribution in [3.8, 4) is 11.5 Å². The predicted molar refractivity (Wildman–Crippen MR) is 86.2 cm³/mol. The average Bonchev–Trinajstić information content (AvgIpc) is 2.48. The van der Waals surface area contributed by atoms with E-state index >= 15 is 0 Å². The van der Waals surface area contributed by atoms with Crippen LogP contribution in [0.15, 0.2) is 18.2 Å². The molecule has 1 aliphatic rings. The minimum atomic E-state index is 0.255. The van der Waals surface area contributed by atoms with Crippen molar-refractivity contribution in [1.29, 1.82) is 0 Å². The maximum atomic E-state index is 6.15. The molecule has 1 aliphatic heterocycles. The van der Waals surface area contributed by atoms with Crippen molar-refractivity contribution >= 4 is 0 Å². The standard InChI is InChI=1S/C17H28N2O2/c1-13(8-9-18)14-6-7-16(17(11-14)20-3)21-15-5-4-10-19(2)12-15/h6-7,11,13,15H,4-5,8-10,12,18H2,1-3H3. The van der Waals surface area contributed by atoms with Gasteiger partial charge in [0.1, 0.15) is 6.10 Å². The zero-order chi connectivity index (χ0) is 15.2. The number of nitrogens with two attached hydrogens (primary N) is 1. The molecule has 0 aliphatic carbocycles. The van der Waals surface area contributed by atoms with E-state index in [1.807, 2.05) is 6.07 Å². The number of piperidine rings is 1. The first-order valence-electron chi connectivity index (χ1n) is 7.87. The summed E-state index contributed by atoms with van der Waals surface area (Å²) in [7, 11) is 3.84. The van der Waals surface area contributed by atoms with E-state index in [9.17, 15) is 0 Å². The highest BCUT2D eigenvalue weighted by Gasteiger charge is 2.20. The fraction of sp³-hybridized carbons (Fsp3) is 0.647. The Morgan fingerprint density at radius 3 is 2.86 bits per heavy atom. The Morgan fingerprint density at radius 2 is 2.19 bits per heavy atom. The molecule has 4 heteroatoms. The molecule has 0 amide bonds. The largest absolute Gasteiger partial charge is 0.493 e. The summed E-state index contributed by atoms with van der Waals surface area (Å²) in [5, 5.41) is 0. The molecule has 1 heterocycles. The molecule has 1 aromatic rings. The van der Waals surface area contributed by atoms with Crippen LogP contribution in [0.4, 0.5) is 0 Å². The minimum absolute atomic E-state index is 0.255. The van der Waals surface area contributed by atoms with Gasteiger partial charge in [-0.15, -0.1) is 0 Å². The van der Waals surface area contributed by atoms with Crippen LogP contribution >= 0.6 is 0 Å². The molecule has 1 saturated heterocycles. The number of nitrogens with zero attached hydrogens (tertiary/aromatic N) is 1. The van der Waals surface area contributed by atoms with E-state index in [4.69, 9.17) is 15.2 Å². The Morgan fingerprint density at radius 1 is 1.38 bits per heavy atom. The van der Waals surface area contributed by atoms with Gasteiger partial charge < -0.3 is 20.1 Å². The SMILES string of the molecule is COc1cc(C(C)CCN)ccc1OC1CCCN(C)C1. The summed E-state index contributed by atoms with van der Waals surface area (Å²) in [5.41, 5.74) is 6.90. The van der Waals surface area contributed by atoms with Crippen LogP contribution in [0, 0.1) is 0 Å². The first kappa shape index (κ1) is 16.1. The molecule has 2 rings (SSSR count). The van der Waals surface area contributed by atoms with Crippen molar-refractivity contribution in [2.24, 2.45) is 5.73 Å². The van der Waals surface area contributed by atoms with Gasteiger partial charge in [0.2, 0.25) is 0 Å². The van der Waals surface area contributed by atoms with Gasteiger partial charge in [-0.2, -0.15) is 0 Å². The van der Waals surface area contributed by atoms with E-state index in [0.717, 1.165) is 37.4 Å². The second-order valence-electron chi connectivity index (χ2n) is 6.03. The van der Waals surface area contributed by atoms with Gasteiger partial charge in [-0.3, -0.25) is 0 Å². The Bertz CT molecular complexity index is 450. The molecule has 0 spiro atoms. The van der Waals surface area contributed by atoms with E-state index < -0.39 is 0 Å². The number of methoxy groups -OCH3 is 1. The van der Waals surface area contributed by atoms with Crippen LogP contribution in [0.1, 0.15) is 37.7 Å². The number of benzene rings is 1. The monoisotopic (exact) mass is 292 g/mol. The normalized spacial score (nSPS) is 21.0. The number of hydrogen-bond acceptors (Lipinski definition) is 4. The first-order valence-corrected chi connectivity index (χ1v) is 7.87. The van der Waals surface area contributed by atoms with Crippen molar-refractivity contribution in [1.82, 2.24) is 4.90 Å². The van der Waals surface area contributed by atoms with Gasteiger partial charge in [-0.05, 0) is 63.0 Å². The van der Waals surface area contributed by atoms with Crippen LogP contribution in [-0.2, 0) is 0 Å². The molecule has 1 fully saturated rings. The van der Waals surface area contributed by atoms with Crippen LogP contribution in [0.3, 0.4) is 0 Å². The van der Waals surface area contributed by atoms with Crippen molar-refractivity contribution < 1.29 is 9.47 Å². The van der Waals surface area contributed by atoms with Crippen molar-refractivity contribution in [3.05, 3.63) is 23.8 Å². The summed E-state index contributed by atoms with van der Waals surface area (Å²) in [4.78, 5) is 2.32. The molecule has 2 unspecified atom stereocenters. The number of hydrogen-bond donors (Lipinski definition) is 1. The minimum Gasteiger partial charge on any atom is -0.493 e. The van der Waals surface area contributed by atoms with E-state index in [-0.39, 0.29) is 6.10 Å². The van der Waals surface area contributed by atoms with Crippen LogP contribution in [-0.4, -0.2) is 44.8 Å². The molecular weight excluding hydrogens is 264 g/mol. The van der Waals surface area contributed by atoms with Gasteiger partial charge in [0.25, 0.3) is 0 Å². The summed E-state index contributed by atoms with van der Waals surface area (Å²) >= 11 is 0. The summed E-state index contributed by atoms with van der Waals surface area (Å²) < 4.78 is 11.7. The third-order valence-electron chi connectivity index (χ3n) is 4.23. The highest BCUT2D eigenvalue weighted by Crippen LogP contribution is 2.33. The Labute approximate surface area is 128 Å². The lowest BCUT2D eigenvalue weighted by atomic mass is 9.97. The van der Waals surface area contributed by atoms with Crippen molar-refractivity contribution in [2.75, 3.05) is 33.8 Å². The summed E-state index contributed by atoms with van der Waals surface area (Å²) in [6.07, 6.45) is 3.54. The maximum Gasteiger partial charge on any atom is 0.161 e.